The lowest BCUT2D eigenvalue weighted by molar-refractivity contribution is 0.0695. The van der Waals surface area contributed by atoms with Crippen LogP contribution in [0.25, 0.3) is 0 Å². The molecule has 1 amide bonds. The predicted molar refractivity (Wildman–Crippen MR) is 87.2 cm³/mol. The van der Waals surface area contributed by atoms with Crippen LogP contribution in [0.4, 0.5) is 0 Å². The highest BCUT2D eigenvalue weighted by Gasteiger charge is 2.33. The summed E-state index contributed by atoms with van der Waals surface area (Å²) in [7, 11) is 1.92. The highest BCUT2D eigenvalue weighted by Crippen LogP contribution is 2.41. The van der Waals surface area contributed by atoms with E-state index in [0.29, 0.717) is 17.7 Å². The van der Waals surface area contributed by atoms with Crippen LogP contribution < -0.4 is 5.32 Å². The molecule has 1 saturated heterocycles. The van der Waals surface area contributed by atoms with Gasteiger partial charge in [0, 0.05) is 24.7 Å². The predicted octanol–water partition coefficient (Wildman–Crippen LogP) is 2.34. The van der Waals surface area contributed by atoms with Gasteiger partial charge in [-0.15, -0.1) is 0 Å². The van der Waals surface area contributed by atoms with Crippen molar-refractivity contribution in [3.63, 3.8) is 0 Å². The molecule has 0 spiro atoms. The van der Waals surface area contributed by atoms with Crippen LogP contribution in [0.3, 0.4) is 0 Å². The highest BCUT2D eigenvalue weighted by atomic mass is 16.2. The number of rotatable bonds is 3. The third kappa shape index (κ3) is 3.05. The first-order chi connectivity index (χ1) is 10.4. The number of piperidine rings is 1. The molecule has 0 bridgehead atoms. The molecular formula is C17H28N4O. The molecule has 0 radical (unpaired) electrons. The number of carbonyl (C=O) groups is 1. The summed E-state index contributed by atoms with van der Waals surface area (Å²) in [6.45, 7) is 8.43. The van der Waals surface area contributed by atoms with E-state index >= 15 is 0 Å². The second-order valence-electron chi connectivity index (χ2n) is 7.71. The van der Waals surface area contributed by atoms with Gasteiger partial charge >= 0.3 is 0 Å². The Kier molecular flexibility index (Phi) is 4.02. The maximum absolute atomic E-state index is 12.8. The van der Waals surface area contributed by atoms with Gasteiger partial charge in [-0.25, -0.2) is 0 Å². The lowest BCUT2D eigenvalue weighted by Gasteiger charge is -2.31. The second kappa shape index (κ2) is 5.69. The van der Waals surface area contributed by atoms with Crippen molar-refractivity contribution < 1.29 is 4.79 Å². The van der Waals surface area contributed by atoms with E-state index in [0.717, 1.165) is 25.9 Å². The average molecular weight is 304 g/mol. The van der Waals surface area contributed by atoms with Gasteiger partial charge in [0.2, 0.25) is 0 Å². The molecular weight excluding hydrogens is 276 g/mol. The normalized spacial score (nSPS) is 20.2. The molecule has 2 aliphatic rings. The summed E-state index contributed by atoms with van der Waals surface area (Å²) in [6, 6.07) is 2.36. The minimum atomic E-state index is -0.0796. The number of hydrogen-bond donors (Lipinski definition) is 1. The van der Waals surface area contributed by atoms with Crippen molar-refractivity contribution in [1.29, 1.82) is 0 Å². The molecule has 22 heavy (non-hydrogen) atoms. The van der Waals surface area contributed by atoms with Gasteiger partial charge in [0.25, 0.3) is 5.91 Å². The fourth-order valence-electron chi connectivity index (χ4n) is 3.25. The first-order valence-electron chi connectivity index (χ1n) is 8.46. The zero-order chi connectivity index (χ0) is 15.9. The number of carbonyl (C=O) groups excluding carboxylic acids is 1. The van der Waals surface area contributed by atoms with Crippen LogP contribution in [0.15, 0.2) is 6.07 Å². The van der Waals surface area contributed by atoms with E-state index in [1.807, 2.05) is 18.0 Å². The number of nitrogens with zero attached hydrogens (tertiary/aromatic N) is 3. The fourth-order valence-corrected chi connectivity index (χ4v) is 3.25. The Bertz CT molecular complexity index is 547. The lowest BCUT2D eigenvalue weighted by Crippen LogP contribution is -2.44. The topological polar surface area (TPSA) is 50.2 Å². The standard InChI is InChI=1S/C17H28N4O/c1-17(2,3)21-15(12-5-6-12)11-14(19-21)16(22)20(4)13-7-9-18-10-8-13/h11-13,18H,5-10H2,1-4H3. The minimum absolute atomic E-state index is 0.0665. The van der Waals surface area contributed by atoms with Crippen molar-refractivity contribution in [3.05, 3.63) is 17.5 Å². The Labute approximate surface area is 133 Å². The SMILES string of the molecule is CN(C(=O)c1cc(C2CC2)n(C(C)(C)C)n1)C1CCNCC1. The Morgan fingerprint density at radius 3 is 2.45 bits per heavy atom. The van der Waals surface area contributed by atoms with Crippen LogP contribution in [0, 0.1) is 0 Å². The Balaban J connectivity index is 1.83. The summed E-state index contributed by atoms with van der Waals surface area (Å²) in [6.07, 6.45) is 4.49. The maximum Gasteiger partial charge on any atom is 0.274 e. The summed E-state index contributed by atoms with van der Waals surface area (Å²) in [5, 5.41) is 8.02. The van der Waals surface area contributed by atoms with Crippen LogP contribution in [0.5, 0.6) is 0 Å². The molecule has 3 rings (SSSR count). The zero-order valence-corrected chi connectivity index (χ0v) is 14.2. The molecule has 0 atom stereocenters. The molecule has 1 aromatic heterocycles. The largest absolute Gasteiger partial charge is 0.337 e. The zero-order valence-electron chi connectivity index (χ0n) is 14.2. The van der Waals surface area contributed by atoms with Crippen LogP contribution in [-0.4, -0.2) is 46.8 Å². The molecule has 1 aliphatic carbocycles. The van der Waals surface area contributed by atoms with E-state index in [-0.39, 0.29) is 11.4 Å². The summed E-state index contributed by atoms with van der Waals surface area (Å²) >= 11 is 0. The highest BCUT2D eigenvalue weighted by molar-refractivity contribution is 5.92. The summed E-state index contributed by atoms with van der Waals surface area (Å²) in [4.78, 5) is 14.7. The smallest absolute Gasteiger partial charge is 0.274 e. The van der Waals surface area contributed by atoms with Gasteiger partial charge < -0.3 is 10.2 Å². The van der Waals surface area contributed by atoms with E-state index in [1.165, 1.54) is 18.5 Å². The fraction of sp³-hybridized carbons (Fsp3) is 0.765. The molecule has 1 aromatic rings. The average Bonchev–Trinajstić information content (AvgIpc) is 3.23. The van der Waals surface area contributed by atoms with E-state index < -0.39 is 0 Å². The van der Waals surface area contributed by atoms with E-state index in [1.54, 1.807) is 0 Å². The number of aromatic nitrogens is 2. The monoisotopic (exact) mass is 304 g/mol. The number of nitrogens with one attached hydrogen (secondary N) is 1. The Morgan fingerprint density at radius 1 is 1.27 bits per heavy atom. The van der Waals surface area contributed by atoms with E-state index in [9.17, 15) is 4.79 Å². The first-order valence-corrected chi connectivity index (χ1v) is 8.46. The molecule has 1 N–H and O–H groups in total. The molecule has 1 aliphatic heterocycles. The van der Waals surface area contributed by atoms with E-state index in [4.69, 9.17) is 0 Å². The van der Waals surface area contributed by atoms with Gasteiger partial charge in [-0.1, -0.05) is 0 Å². The number of amides is 1. The van der Waals surface area contributed by atoms with Gasteiger partial charge in [-0.2, -0.15) is 5.10 Å². The molecule has 0 aromatic carbocycles. The third-order valence-corrected chi connectivity index (χ3v) is 4.76. The summed E-state index contributed by atoms with van der Waals surface area (Å²) in [5.41, 5.74) is 1.76. The molecule has 2 heterocycles. The van der Waals surface area contributed by atoms with Gasteiger partial charge in [-0.3, -0.25) is 9.48 Å². The molecule has 5 nitrogen and oxygen atoms in total. The first kappa shape index (κ1) is 15.5. The molecule has 122 valence electrons. The second-order valence-corrected chi connectivity index (χ2v) is 7.71. The van der Waals surface area contributed by atoms with Crippen LogP contribution in [0.2, 0.25) is 0 Å². The lowest BCUT2D eigenvalue weighted by atomic mass is 10.1. The van der Waals surface area contributed by atoms with Gasteiger partial charge in [0.05, 0.1) is 5.54 Å². The quantitative estimate of drug-likeness (QED) is 0.932. The minimum Gasteiger partial charge on any atom is -0.337 e. The maximum atomic E-state index is 12.8. The van der Waals surface area contributed by atoms with Crippen molar-refractivity contribution in [2.75, 3.05) is 20.1 Å². The van der Waals surface area contributed by atoms with Crippen molar-refractivity contribution in [2.24, 2.45) is 0 Å². The van der Waals surface area contributed by atoms with Crippen LogP contribution in [-0.2, 0) is 5.54 Å². The van der Waals surface area contributed by atoms with Crippen molar-refractivity contribution in [2.45, 2.75) is 64.0 Å². The summed E-state index contributed by atoms with van der Waals surface area (Å²) < 4.78 is 2.06. The van der Waals surface area contributed by atoms with Gasteiger partial charge in [-0.05, 0) is 65.6 Å². The van der Waals surface area contributed by atoms with Crippen molar-refractivity contribution in [1.82, 2.24) is 20.0 Å². The molecule has 5 heteroatoms. The van der Waals surface area contributed by atoms with Crippen molar-refractivity contribution in [3.8, 4) is 0 Å². The third-order valence-electron chi connectivity index (χ3n) is 4.76. The van der Waals surface area contributed by atoms with Gasteiger partial charge in [0.1, 0.15) is 0 Å². The Hall–Kier alpha value is -1.36. The van der Waals surface area contributed by atoms with Crippen molar-refractivity contribution >= 4 is 5.91 Å². The van der Waals surface area contributed by atoms with Gasteiger partial charge in [0.15, 0.2) is 5.69 Å². The van der Waals surface area contributed by atoms with E-state index in [2.05, 4.69) is 35.9 Å². The number of hydrogen-bond acceptors (Lipinski definition) is 3. The Morgan fingerprint density at radius 2 is 1.91 bits per heavy atom. The summed E-state index contributed by atoms with van der Waals surface area (Å²) in [5.74, 6) is 0.661. The van der Waals surface area contributed by atoms with Crippen LogP contribution in [0.1, 0.15) is 68.6 Å². The van der Waals surface area contributed by atoms with Crippen LogP contribution >= 0.6 is 0 Å². The molecule has 0 unspecified atom stereocenters. The molecule has 2 fully saturated rings. The molecule has 1 saturated carbocycles.